The number of ether oxygens (including phenoxy) is 1. The van der Waals surface area contributed by atoms with Gasteiger partial charge in [-0.1, -0.05) is 54.9 Å². The van der Waals surface area contributed by atoms with Crippen molar-refractivity contribution in [3.05, 3.63) is 99.6 Å². The van der Waals surface area contributed by atoms with Gasteiger partial charge in [-0.2, -0.15) is 0 Å². The molecule has 0 saturated carbocycles. The van der Waals surface area contributed by atoms with E-state index in [-0.39, 0.29) is 17.6 Å². The van der Waals surface area contributed by atoms with Gasteiger partial charge in [0.2, 0.25) is 0 Å². The first kappa shape index (κ1) is 25.0. The molecule has 1 heterocycles. The molecule has 1 aliphatic rings. The lowest BCUT2D eigenvalue weighted by Gasteiger charge is -2.26. The highest BCUT2D eigenvalue weighted by Crippen LogP contribution is 2.43. The second kappa shape index (κ2) is 10.3. The van der Waals surface area contributed by atoms with E-state index in [1.165, 1.54) is 18.1 Å². The number of nitrogens with zero attached hydrogens (tertiary/aromatic N) is 1. The molecule has 1 amide bonds. The second-order valence-corrected chi connectivity index (χ2v) is 8.78. The van der Waals surface area contributed by atoms with Crippen LogP contribution in [0.15, 0.2) is 72.3 Å². The number of ketones is 1. The number of carboxylic acids is 1. The van der Waals surface area contributed by atoms with Crippen LogP contribution >= 0.6 is 11.6 Å². The molecule has 1 fully saturated rings. The molecular weight excluding hydrogens is 482 g/mol. The van der Waals surface area contributed by atoms with Crippen molar-refractivity contribution in [2.45, 2.75) is 25.8 Å². The van der Waals surface area contributed by atoms with E-state index in [0.29, 0.717) is 27.6 Å². The average Bonchev–Trinajstić information content (AvgIpc) is 3.14. The smallest absolute Gasteiger partial charge is 0.307 e. The normalized spacial score (nSPS) is 16.9. The fourth-order valence-corrected chi connectivity index (χ4v) is 4.48. The Morgan fingerprint density at radius 1 is 0.972 bits per heavy atom. The number of carbonyl (C=O) groups excluding carboxylic acids is 2. The number of aliphatic carboxylic acids is 1. The quantitative estimate of drug-likeness (QED) is 0.261. The summed E-state index contributed by atoms with van der Waals surface area (Å²) in [5, 5.41) is 20.7. The minimum Gasteiger partial charge on any atom is -0.507 e. The SMILES string of the molecule is CCc1ccc(C2/C(=C(\O)c3cc(Cl)ccc3OC)C(=O)C(=O)N2c2ccc(CC(=O)O)cc2)cc1. The predicted molar refractivity (Wildman–Crippen MR) is 136 cm³/mol. The van der Waals surface area contributed by atoms with Gasteiger partial charge in [0.15, 0.2) is 0 Å². The number of Topliss-reactive ketones (excluding diaryl/α,β-unsaturated/α-hetero) is 1. The van der Waals surface area contributed by atoms with Gasteiger partial charge in [-0.3, -0.25) is 19.3 Å². The summed E-state index contributed by atoms with van der Waals surface area (Å²) in [4.78, 5) is 39.0. The fourth-order valence-electron chi connectivity index (χ4n) is 4.31. The van der Waals surface area contributed by atoms with Crippen LogP contribution in [0.2, 0.25) is 5.02 Å². The number of rotatable bonds is 7. The summed E-state index contributed by atoms with van der Waals surface area (Å²) >= 11 is 6.16. The maximum absolute atomic E-state index is 13.3. The van der Waals surface area contributed by atoms with Crippen LogP contribution in [0.5, 0.6) is 5.75 Å². The molecular formula is C28H24ClNO6. The van der Waals surface area contributed by atoms with Gasteiger partial charge in [-0.25, -0.2) is 0 Å². The summed E-state index contributed by atoms with van der Waals surface area (Å²) in [5.41, 5.74) is 2.74. The Kier molecular flexibility index (Phi) is 7.12. The molecule has 7 nitrogen and oxygen atoms in total. The van der Waals surface area contributed by atoms with Crippen LogP contribution in [0, 0.1) is 0 Å². The lowest BCUT2D eigenvalue weighted by atomic mass is 9.94. The zero-order valence-electron chi connectivity index (χ0n) is 19.7. The summed E-state index contributed by atoms with van der Waals surface area (Å²) < 4.78 is 5.36. The van der Waals surface area contributed by atoms with E-state index in [0.717, 1.165) is 12.0 Å². The molecule has 1 unspecified atom stereocenters. The molecule has 0 aromatic heterocycles. The number of aliphatic hydroxyl groups excluding tert-OH is 1. The van der Waals surface area contributed by atoms with Gasteiger partial charge in [0, 0.05) is 10.7 Å². The molecule has 0 spiro atoms. The third-order valence-electron chi connectivity index (χ3n) is 6.13. The number of carboxylic acid groups (broad SMARTS) is 1. The zero-order valence-corrected chi connectivity index (χ0v) is 20.5. The van der Waals surface area contributed by atoms with E-state index in [1.807, 2.05) is 31.2 Å². The Bertz CT molecular complexity index is 1360. The minimum absolute atomic E-state index is 0.0978. The van der Waals surface area contributed by atoms with E-state index in [9.17, 15) is 19.5 Å². The Morgan fingerprint density at radius 2 is 1.61 bits per heavy atom. The molecule has 4 rings (SSSR count). The third-order valence-corrected chi connectivity index (χ3v) is 6.37. The van der Waals surface area contributed by atoms with Gasteiger partial charge >= 0.3 is 5.97 Å². The topological polar surface area (TPSA) is 104 Å². The number of aryl methyl sites for hydroxylation is 1. The number of hydrogen-bond donors (Lipinski definition) is 2. The molecule has 3 aromatic rings. The Morgan fingerprint density at radius 3 is 2.19 bits per heavy atom. The largest absolute Gasteiger partial charge is 0.507 e. The molecule has 36 heavy (non-hydrogen) atoms. The molecule has 0 aliphatic carbocycles. The molecule has 2 N–H and O–H groups in total. The van der Waals surface area contributed by atoms with Crippen molar-refractivity contribution >= 4 is 40.7 Å². The number of amides is 1. The van der Waals surface area contributed by atoms with Crippen LogP contribution in [0.3, 0.4) is 0 Å². The van der Waals surface area contributed by atoms with Crippen LogP contribution in [0.1, 0.15) is 35.2 Å². The summed E-state index contributed by atoms with van der Waals surface area (Å²) in [6.45, 7) is 2.02. The van der Waals surface area contributed by atoms with E-state index in [2.05, 4.69) is 0 Å². The highest BCUT2D eigenvalue weighted by molar-refractivity contribution is 6.51. The van der Waals surface area contributed by atoms with Crippen molar-refractivity contribution in [2.24, 2.45) is 0 Å². The second-order valence-electron chi connectivity index (χ2n) is 8.35. The van der Waals surface area contributed by atoms with Gasteiger partial charge in [-0.05, 0) is 53.4 Å². The van der Waals surface area contributed by atoms with Crippen LogP contribution in [-0.2, 0) is 27.2 Å². The Labute approximate surface area is 213 Å². The van der Waals surface area contributed by atoms with Gasteiger partial charge in [0.05, 0.1) is 30.7 Å². The lowest BCUT2D eigenvalue weighted by molar-refractivity contribution is -0.136. The first-order chi connectivity index (χ1) is 17.2. The summed E-state index contributed by atoms with van der Waals surface area (Å²) in [7, 11) is 1.43. The molecule has 1 atom stereocenters. The van der Waals surface area contributed by atoms with Crippen LogP contribution in [0.4, 0.5) is 5.69 Å². The van der Waals surface area contributed by atoms with Gasteiger partial charge in [0.25, 0.3) is 11.7 Å². The highest BCUT2D eigenvalue weighted by atomic mass is 35.5. The lowest BCUT2D eigenvalue weighted by Crippen LogP contribution is -2.29. The molecule has 8 heteroatoms. The maximum Gasteiger partial charge on any atom is 0.307 e. The molecule has 1 aliphatic heterocycles. The molecule has 0 radical (unpaired) electrons. The van der Waals surface area contributed by atoms with Crippen molar-refractivity contribution in [1.82, 2.24) is 0 Å². The molecule has 0 bridgehead atoms. The van der Waals surface area contributed by atoms with E-state index in [4.69, 9.17) is 21.4 Å². The molecule has 1 saturated heterocycles. The van der Waals surface area contributed by atoms with Crippen molar-refractivity contribution in [3.63, 3.8) is 0 Å². The van der Waals surface area contributed by atoms with E-state index < -0.39 is 29.5 Å². The summed E-state index contributed by atoms with van der Waals surface area (Å²) in [6, 6.07) is 17.6. The van der Waals surface area contributed by atoms with Crippen molar-refractivity contribution in [1.29, 1.82) is 0 Å². The van der Waals surface area contributed by atoms with Crippen LogP contribution < -0.4 is 9.64 Å². The van der Waals surface area contributed by atoms with E-state index >= 15 is 0 Å². The molecule has 3 aromatic carbocycles. The summed E-state index contributed by atoms with van der Waals surface area (Å²) in [6.07, 6.45) is 0.640. The Hall–Kier alpha value is -4.10. The number of hydrogen-bond acceptors (Lipinski definition) is 5. The van der Waals surface area contributed by atoms with E-state index in [1.54, 1.807) is 36.4 Å². The number of methoxy groups -OCH3 is 1. The van der Waals surface area contributed by atoms with Gasteiger partial charge in [0.1, 0.15) is 11.5 Å². The van der Waals surface area contributed by atoms with Crippen molar-refractivity contribution in [2.75, 3.05) is 12.0 Å². The predicted octanol–water partition coefficient (Wildman–Crippen LogP) is 5.16. The standard InChI is InChI=1S/C28H24ClNO6/c1-3-16-4-8-18(9-5-16)25-24(26(33)21-15-19(29)10-13-22(21)36-2)27(34)28(35)30(25)20-11-6-17(7-12-20)14-23(31)32/h4-13,15,25,33H,3,14H2,1-2H3,(H,31,32)/b26-24+. The van der Waals surface area contributed by atoms with Crippen LogP contribution in [0.25, 0.3) is 5.76 Å². The number of aliphatic hydroxyl groups is 1. The molecule has 184 valence electrons. The number of carbonyl (C=O) groups is 3. The number of anilines is 1. The highest BCUT2D eigenvalue weighted by Gasteiger charge is 2.47. The Balaban J connectivity index is 1.91. The van der Waals surface area contributed by atoms with Crippen molar-refractivity contribution in [3.8, 4) is 5.75 Å². The van der Waals surface area contributed by atoms with Gasteiger partial charge in [-0.15, -0.1) is 0 Å². The van der Waals surface area contributed by atoms with Crippen molar-refractivity contribution < 1.29 is 29.3 Å². The minimum atomic E-state index is -0.977. The zero-order chi connectivity index (χ0) is 26.0. The first-order valence-electron chi connectivity index (χ1n) is 11.3. The summed E-state index contributed by atoms with van der Waals surface area (Å²) in [5.74, 6) is -2.75. The fraction of sp³-hybridized carbons (Fsp3) is 0.179. The maximum atomic E-state index is 13.3. The first-order valence-corrected chi connectivity index (χ1v) is 11.7. The monoisotopic (exact) mass is 505 g/mol. The number of halogens is 1. The van der Waals surface area contributed by atoms with Crippen LogP contribution in [-0.4, -0.2) is 35.0 Å². The van der Waals surface area contributed by atoms with Gasteiger partial charge < -0.3 is 14.9 Å². The number of benzene rings is 3. The average molecular weight is 506 g/mol. The third kappa shape index (κ3) is 4.70.